The molecule has 3 aromatic carbocycles. The van der Waals surface area contributed by atoms with Crippen LogP contribution >= 0.6 is 0 Å². The van der Waals surface area contributed by atoms with E-state index < -0.39 is 0 Å². The first kappa shape index (κ1) is 20.7. The van der Waals surface area contributed by atoms with Crippen LogP contribution in [0.5, 0.6) is 0 Å². The number of nitrogens with one attached hydrogen (secondary N) is 1. The summed E-state index contributed by atoms with van der Waals surface area (Å²) >= 11 is 0. The Hall–Kier alpha value is -2.58. The third-order valence-electron chi connectivity index (χ3n) is 6.66. The van der Waals surface area contributed by atoms with Gasteiger partial charge in [0.2, 0.25) is 0 Å². The van der Waals surface area contributed by atoms with Gasteiger partial charge in [0.05, 0.1) is 0 Å². The van der Waals surface area contributed by atoms with Gasteiger partial charge in [-0.25, -0.2) is 0 Å². The van der Waals surface area contributed by atoms with Crippen LogP contribution in [0.15, 0.2) is 60.7 Å². The largest absolute Gasteiger partial charge is 0.364 e. The van der Waals surface area contributed by atoms with Crippen molar-refractivity contribution in [2.24, 2.45) is 0 Å². The fraction of sp³-hybridized carbons (Fsp3) is 0.357. The normalized spacial score (nSPS) is 14.7. The predicted molar refractivity (Wildman–Crippen MR) is 129 cm³/mol. The molecule has 0 bridgehead atoms. The zero-order valence-electron chi connectivity index (χ0n) is 18.8. The van der Waals surface area contributed by atoms with Crippen LogP contribution in [0, 0.1) is 27.7 Å². The van der Waals surface area contributed by atoms with Gasteiger partial charge in [-0.2, -0.15) is 0 Å². The van der Waals surface area contributed by atoms with E-state index >= 15 is 0 Å². The van der Waals surface area contributed by atoms with Crippen molar-refractivity contribution in [3.05, 3.63) is 88.5 Å². The van der Waals surface area contributed by atoms with Crippen molar-refractivity contribution in [2.75, 3.05) is 18.0 Å². The Kier molecular flexibility index (Phi) is 6.24. The average molecular weight is 399 g/mol. The first-order valence-electron chi connectivity index (χ1n) is 11.2. The zero-order chi connectivity index (χ0) is 21.1. The molecule has 4 rings (SSSR count). The molecule has 0 unspecified atom stereocenters. The quantitative estimate of drug-likeness (QED) is 0.539. The Labute approximate surface area is 181 Å². The molecule has 1 fully saturated rings. The van der Waals surface area contributed by atoms with Gasteiger partial charge >= 0.3 is 0 Å². The molecule has 1 N–H and O–H groups in total. The highest BCUT2D eigenvalue weighted by Gasteiger charge is 2.21. The maximum Gasteiger partial charge on any atom is 0.0432 e. The standard InChI is InChI=1S/C28H34N2/c1-20-8-10-27(11-9-20)30(28-12-14-29-15-13-28)19-24-6-5-7-25(18-24)26-16-21(2)23(4)22(3)17-26/h5-11,16-18,28-29H,12-15,19H2,1-4H3. The lowest BCUT2D eigenvalue weighted by atomic mass is 9.95. The van der Waals surface area contributed by atoms with Crippen LogP contribution in [0.25, 0.3) is 11.1 Å². The number of nitrogens with zero attached hydrogens (tertiary/aromatic N) is 1. The first-order valence-corrected chi connectivity index (χ1v) is 11.2. The molecule has 1 heterocycles. The van der Waals surface area contributed by atoms with E-state index in [1.54, 1.807) is 0 Å². The summed E-state index contributed by atoms with van der Waals surface area (Å²) in [5.41, 5.74) is 10.8. The van der Waals surface area contributed by atoms with Crippen molar-refractivity contribution in [3.8, 4) is 11.1 Å². The summed E-state index contributed by atoms with van der Waals surface area (Å²) in [5, 5.41) is 3.51. The maximum atomic E-state index is 3.51. The molecule has 30 heavy (non-hydrogen) atoms. The molecule has 1 aliphatic rings. The predicted octanol–water partition coefficient (Wildman–Crippen LogP) is 6.35. The van der Waals surface area contributed by atoms with Crippen LogP contribution < -0.4 is 10.2 Å². The van der Waals surface area contributed by atoms with Crippen molar-refractivity contribution < 1.29 is 0 Å². The minimum absolute atomic E-state index is 0.585. The van der Waals surface area contributed by atoms with Crippen molar-refractivity contribution in [3.63, 3.8) is 0 Å². The lowest BCUT2D eigenvalue weighted by molar-refractivity contribution is 0.428. The van der Waals surface area contributed by atoms with E-state index in [1.165, 1.54) is 57.5 Å². The summed E-state index contributed by atoms with van der Waals surface area (Å²) in [5.74, 6) is 0. The fourth-order valence-electron chi connectivity index (χ4n) is 4.53. The smallest absolute Gasteiger partial charge is 0.0432 e. The lowest BCUT2D eigenvalue weighted by Gasteiger charge is -2.36. The first-order chi connectivity index (χ1) is 14.5. The van der Waals surface area contributed by atoms with Gasteiger partial charge in [-0.1, -0.05) is 48.0 Å². The highest BCUT2D eigenvalue weighted by atomic mass is 15.2. The number of anilines is 1. The number of benzene rings is 3. The van der Waals surface area contributed by atoms with Crippen molar-refractivity contribution in [1.29, 1.82) is 0 Å². The van der Waals surface area contributed by atoms with Crippen LogP contribution in [0.1, 0.15) is 40.7 Å². The molecule has 2 heteroatoms. The van der Waals surface area contributed by atoms with Gasteiger partial charge < -0.3 is 10.2 Å². The van der Waals surface area contributed by atoms with Crippen molar-refractivity contribution in [1.82, 2.24) is 5.32 Å². The summed E-state index contributed by atoms with van der Waals surface area (Å²) in [4.78, 5) is 2.62. The van der Waals surface area contributed by atoms with Gasteiger partial charge in [0.1, 0.15) is 0 Å². The molecule has 0 atom stereocenters. The molecular weight excluding hydrogens is 364 g/mol. The molecule has 2 nitrogen and oxygen atoms in total. The van der Waals surface area contributed by atoms with Crippen LogP contribution in [0.2, 0.25) is 0 Å². The summed E-state index contributed by atoms with van der Waals surface area (Å²) in [6.45, 7) is 12.0. The summed E-state index contributed by atoms with van der Waals surface area (Å²) in [6, 6.07) is 23.4. The Morgan fingerprint density at radius 2 is 1.47 bits per heavy atom. The van der Waals surface area contributed by atoms with Gasteiger partial charge in [-0.05, 0) is 105 Å². The molecule has 156 valence electrons. The fourth-order valence-corrected chi connectivity index (χ4v) is 4.53. The van der Waals surface area contributed by atoms with Crippen LogP contribution in [-0.2, 0) is 6.54 Å². The molecule has 3 aromatic rings. The average Bonchev–Trinajstić information content (AvgIpc) is 2.77. The number of rotatable bonds is 5. The van der Waals surface area contributed by atoms with Crippen molar-refractivity contribution in [2.45, 2.75) is 53.1 Å². The molecule has 0 aromatic heterocycles. The number of aryl methyl sites for hydroxylation is 3. The Balaban J connectivity index is 1.65. The van der Waals surface area contributed by atoms with Gasteiger partial charge in [0.15, 0.2) is 0 Å². The van der Waals surface area contributed by atoms with Crippen LogP contribution in [0.3, 0.4) is 0 Å². The Morgan fingerprint density at radius 3 is 2.13 bits per heavy atom. The van der Waals surface area contributed by atoms with Crippen LogP contribution in [0.4, 0.5) is 5.69 Å². The zero-order valence-corrected chi connectivity index (χ0v) is 18.8. The molecular formula is C28H34N2. The number of hydrogen-bond acceptors (Lipinski definition) is 2. The molecule has 1 aliphatic heterocycles. The van der Waals surface area contributed by atoms with Gasteiger partial charge in [-0.15, -0.1) is 0 Å². The van der Waals surface area contributed by atoms with Gasteiger partial charge in [0, 0.05) is 18.3 Å². The van der Waals surface area contributed by atoms with E-state index in [2.05, 4.69) is 98.6 Å². The highest BCUT2D eigenvalue weighted by Crippen LogP contribution is 2.28. The monoisotopic (exact) mass is 398 g/mol. The third kappa shape index (κ3) is 4.60. The Morgan fingerprint density at radius 1 is 0.800 bits per heavy atom. The van der Waals surface area contributed by atoms with E-state index in [-0.39, 0.29) is 0 Å². The van der Waals surface area contributed by atoms with E-state index in [0.29, 0.717) is 6.04 Å². The second-order valence-electron chi connectivity index (χ2n) is 8.88. The molecule has 0 radical (unpaired) electrons. The van der Waals surface area contributed by atoms with E-state index in [0.717, 1.165) is 19.6 Å². The minimum Gasteiger partial charge on any atom is -0.364 e. The lowest BCUT2D eigenvalue weighted by Crippen LogP contribution is -2.43. The maximum absolute atomic E-state index is 3.51. The molecule has 0 saturated carbocycles. The topological polar surface area (TPSA) is 15.3 Å². The summed E-state index contributed by atoms with van der Waals surface area (Å²) < 4.78 is 0. The van der Waals surface area contributed by atoms with E-state index in [9.17, 15) is 0 Å². The SMILES string of the molecule is Cc1ccc(N(Cc2cccc(-c3cc(C)c(C)c(C)c3)c2)C2CCNCC2)cc1. The molecule has 0 aliphatic carbocycles. The number of hydrogen-bond donors (Lipinski definition) is 1. The van der Waals surface area contributed by atoms with Gasteiger partial charge in [-0.3, -0.25) is 0 Å². The number of piperidine rings is 1. The van der Waals surface area contributed by atoms with Gasteiger partial charge in [0.25, 0.3) is 0 Å². The second kappa shape index (κ2) is 9.06. The molecule has 1 saturated heterocycles. The summed E-state index contributed by atoms with van der Waals surface area (Å²) in [6.07, 6.45) is 2.40. The minimum atomic E-state index is 0.585. The second-order valence-corrected chi connectivity index (χ2v) is 8.88. The highest BCUT2D eigenvalue weighted by molar-refractivity contribution is 5.67. The van der Waals surface area contributed by atoms with E-state index in [1.807, 2.05) is 0 Å². The van der Waals surface area contributed by atoms with Crippen LogP contribution in [-0.4, -0.2) is 19.1 Å². The summed E-state index contributed by atoms with van der Waals surface area (Å²) in [7, 11) is 0. The van der Waals surface area contributed by atoms with Crippen molar-refractivity contribution >= 4 is 5.69 Å². The van der Waals surface area contributed by atoms with E-state index in [4.69, 9.17) is 0 Å². The molecule has 0 amide bonds. The Bertz CT molecular complexity index is 974. The third-order valence-corrected chi connectivity index (χ3v) is 6.66. The molecule has 0 spiro atoms.